The topological polar surface area (TPSA) is 55.0 Å². The number of nitrogens with zero attached hydrogens (tertiary/aromatic N) is 3. The van der Waals surface area contributed by atoms with Crippen molar-refractivity contribution in [3.63, 3.8) is 0 Å². The van der Waals surface area contributed by atoms with E-state index in [1.54, 1.807) is 18.5 Å². The maximum atomic E-state index is 5.38. The van der Waals surface area contributed by atoms with Gasteiger partial charge in [-0.2, -0.15) is 0 Å². The number of hydrogen-bond acceptors (Lipinski definition) is 4. The second-order valence-electron chi connectivity index (χ2n) is 2.69. The highest BCUT2D eigenvalue weighted by molar-refractivity contribution is 7.80. The number of aromatic nitrogens is 2. The SMILES string of the molecule is CN(CCC(N)=S)c1ncccn1. The van der Waals surface area contributed by atoms with E-state index in [2.05, 4.69) is 9.97 Å². The molecule has 1 heterocycles. The Morgan fingerprint density at radius 3 is 2.69 bits per heavy atom. The van der Waals surface area contributed by atoms with Gasteiger partial charge in [0.05, 0.1) is 4.99 Å². The molecule has 1 aromatic heterocycles. The molecule has 0 saturated heterocycles. The molecule has 5 heteroatoms. The maximum absolute atomic E-state index is 5.38. The highest BCUT2D eigenvalue weighted by Crippen LogP contribution is 2.01. The first kappa shape index (κ1) is 9.85. The van der Waals surface area contributed by atoms with Crippen molar-refractivity contribution in [1.29, 1.82) is 0 Å². The van der Waals surface area contributed by atoms with E-state index in [0.29, 0.717) is 17.4 Å². The van der Waals surface area contributed by atoms with Crippen LogP contribution in [0, 0.1) is 0 Å². The van der Waals surface area contributed by atoms with E-state index in [-0.39, 0.29) is 0 Å². The fraction of sp³-hybridized carbons (Fsp3) is 0.375. The van der Waals surface area contributed by atoms with E-state index >= 15 is 0 Å². The minimum absolute atomic E-state index is 0.516. The van der Waals surface area contributed by atoms with Crippen LogP contribution in [0.3, 0.4) is 0 Å². The van der Waals surface area contributed by atoms with E-state index in [9.17, 15) is 0 Å². The molecule has 0 aliphatic carbocycles. The molecule has 0 unspecified atom stereocenters. The number of hydrogen-bond donors (Lipinski definition) is 1. The third-order valence-corrected chi connectivity index (χ3v) is 1.79. The van der Waals surface area contributed by atoms with Gasteiger partial charge in [0.2, 0.25) is 5.95 Å². The van der Waals surface area contributed by atoms with Gasteiger partial charge in [0.15, 0.2) is 0 Å². The van der Waals surface area contributed by atoms with Crippen molar-refractivity contribution in [2.45, 2.75) is 6.42 Å². The van der Waals surface area contributed by atoms with Crippen molar-refractivity contribution in [3.05, 3.63) is 18.5 Å². The van der Waals surface area contributed by atoms with Gasteiger partial charge in [0, 0.05) is 32.4 Å². The summed E-state index contributed by atoms with van der Waals surface area (Å²) >= 11 is 4.77. The van der Waals surface area contributed by atoms with Gasteiger partial charge in [-0.05, 0) is 6.07 Å². The molecule has 0 aliphatic heterocycles. The molecule has 2 N–H and O–H groups in total. The van der Waals surface area contributed by atoms with Crippen LogP contribution in [-0.2, 0) is 0 Å². The van der Waals surface area contributed by atoms with Gasteiger partial charge in [-0.1, -0.05) is 12.2 Å². The molecular formula is C8H12N4S. The Balaban J connectivity index is 2.49. The third-order valence-electron chi connectivity index (χ3n) is 1.59. The molecule has 70 valence electrons. The molecule has 1 rings (SSSR count). The van der Waals surface area contributed by atoms with Crippen molar-refractivity contribution in [2.75, 3.05) is 18.5 Å². The maximum Gasteiger partial charge on any atom is 0.224 e. The molecule has 1 aromatic rings. The van der Waals surface area contributed by atoms with Gasteiger partial charge in [0.1, 0.15) is 0 Å². The van der Waals surface area contributed by atoms with Gasteiger partial charge in [-0.15, -0.1) is 0 Å². The zero-order valence-corrected chi connectivity index (χ0v) is 8.29. The summed E-state index contributed by atoms with van der Waals surface area (Å²) in [6.45, 7) is 0.749. The van der Waals surface area contributed by atoms with E-state index in [1.165, 1.54) is 0 Å². The quantitative estimate of drug-likeness (QED) is 0.714. The Morgan fingerprint density at radius 1 is 1.54 bits per heavy atom. The lowest BCUT2D eigenvalue weighted by atomic mass is 10.4. The number of anilines is 1. The van der Waals surface area contributed by atoms with Crippen LogP contribution in [0.1, 0.15) is 6.42 Å². The van der Waals surface area contributed by atoms with Crippen molar-refractivity contribution < 1.29 is 0 Å². The first-order valence-electron chi connectivity index (χ1n) is 3.96. The van der Waals surface area contributed by atoms with Gasteiger partial charge in [-0.3, -0.25) is 0 Å². The minimum Gasteiger partial charge on any atom is -0.393 e. The van der Waals surface area contributed by atoms with Crippen LogP contribution in [-0.4, -0.2) is 28.5 Å². The Kier molecular flexibility index (Phi) is 3.57. The molecule has 0 saturated carbocycles. The van der Waals surface area contributed by atoms with Gasteiger partial charge in [-0.25, -0.2) is 9.97 Å². The molecule has 0 radical (unpaired) electrons. The summed E-state index contributed by atoms with van der Waals surface area (Å²) in [5.41, 5.74) is 5.38. The smallest absolute Gasteiger partial charge is 0.224 e. The lowest BCUT2D eigenvalue weighted by Gasteiger charge is -2.15. The highest BCUT2D eigenvalue weighted by atomic mass is 32.1. The summed E-state index contributed by atoms with van der Waals surface area (Å²) in [5, 5.41) is 0. The van der Waals surface area contributed by atoms with Crippen molar-refractivity contribution in [1.82, 2.24) is 9.97 Å². The summed E-state index contributed by atoms with van der Waals surface area (Å²) in [6.07, 6.45) is 4.10. The van der Waals surface area contributed by atoms with Crippen LogP contribution in [0.5, 0.6) is 0 Å². The standard InChI is InChI=1S/C8H12N4S/c1-12(6-3-7(9)13)8-10-4-2-5-11-8/h2,4-5H,3,6H2,1H3,(H2,9,13). The summed E-state index contributed by atoms with van der Waals surface area (Å²) < 4.78 is 0. The van der Waals surface area contributed by atoms with E-state index in [1.807, 2.05) is 11.9 Å². The average molecular weight is 196 g/mol. The minimum atomic E-state index is 0.516. The average Bonchev–Trinajstić information content (AvgIpc) is 2.15. The van der Waals surface area contributed by atoms with Crippen LogP contribution < -0.4 is 10.6 Å². The van der Waals surface area contributed by atoms with Gasteiger partial charge in [0.25, 0.3) is 0 Å². The van der Waals surface area contributed by atoms with Gasteiger partial charge < -0.3 is 10.6 Å². The molecule has 0 fully saturated rings. The first-order valence-corrected chi connectivity index (χ1v) is 4.37. The lowest BCUT2D eigenvalue weighted by molar-refractivity contribution is 0.869. The monoisotopic (exact) mass is 196 g/mol. The predicted octanol–water partition coefficient (Wildman–Crippen LogP) is 0.589. The molecular weight excluding hydrogens is 184 g/mol. The molecule has 0 aromatic carbocycles. The Bertz CT molecular complexity index is 275. The molecule has 13 heavy (non-hydrogen) atoms. The second kappa shape index (κ2) is 4.71. The first-order chi connectivity index (χ1) is 6.20. The lowest BCUT2D eigenvalue weighted by Crippen LogP contribution is -2.24. The summed E-state index contributed by atoms with van der Waals surface area (Å²) in [6, 6.07) is 1.78. The second-order valence-corrected chi connectivity index (χ2v) is 3.21. The molecule has 0 spiro atoms. The molecule has 0 atom stereocenters. The molecule has 0 aliphatic rings. The normalized spacial score (nSPS) is 9.62. The number of rotatable bonds is 4. The molecule has 0 amide bonds. The number of nitrogens with two attached hydrogens (primary N) is 1. The Hall–Kier alpha value is -1.23. The van der Waals surface area contributed by atoms with Crippen molar-refractivity contribution in [3.8, 4) is 0 Å². The Labute approximate surface area is 82.8 Å². The van der Waals surface area contributed by atoms with Crippen molar-refractivity contribution in [2.24, 2.45) is 5.73 Å². The van der Waals surface area contributed by atoms with Gasteiger partial charge >= 0.3 is 0 Å². The largest absolute Gasteiger partial charge is 0.393 e. The van der Waals surface area contributed by atoms with Crippen LogP contribution >= 0.6 is 12.2 Å². The fourth-order valence-corrected chi connectivity index (χ4v) is 0.958. The number of thiocarbonyl (C=S) groups is 1. The van der Waals surface area contributed by atoms with Crippen LogP contribution in [0.2, 0.25) is 0 Å². The zero-order valence-electron chi connectivity index (χ0n) is 7.47. The molecule has 4 nitrogen and oxygen atoms in total. The summed E-state index contributed by atoms with van der Waals surface area (Å²) in [4.78, 5) is 10.6. The van der Waals surface area contributed by atoms with Crippen LogP contribution in [0.4, 0.5) is 5.95 Å². The van der Waals surface area contributed by atoms with E-state index < -0.39 is 0 Å². The van der Waals surface area contributed by atoms with E-state index in [0.717, 1.165) is 6.54 Å². The van der Waals surface area contributed by atoms with E-state index in [4.69, 9.17) is 18.0 Å². The fourth-order valence-electron chi connectivity index (χ4n) is 0.866. The van der Waals surface area contributed by atoms with Crippen LogP contribution in [0.25, 0.3) is 0 Å². The highest BCUT2D eigenvalue weighted by Gasteiger charge is 2.02. The van der Waals surface area contributed by atoms with Crippen LogP contribution in [0.15, 0.2) is 18.5 Å². The molecule has 0 bridgehead atoms. The zero-order chi connectivity index (χ0) is 9.68. The predicted molar refractivity (Wildman–Crippen MR) is 56.7 cm³/mol. The summed E-state index contributed by atoms with van der Waals surface area (Å²) in [7, 11) is 1.91. The van der Waals surface area contributed by atoms with Crippen molar-refractivity contribution >= 4 is 23.2 Å². The summed E-state index contributed by atoms with van der Waals surface area (Å²) in [5.74, 6) is 0.693. The Morgan fingerprint density at radius 2 is 2.15 bits per heavy atom. The third kappa shape index (κ3) is 3.33.